The molecule has 2 atom stereocenters. The van der Waals surface area contributed by atoms with Gasteiger partial charge in [0, 0.05) is 17.8 Å². The maximum absolute atomic E-state index is 12.3. The largest absolute Gasteiger partial charge is 0.466 e. The Morgan fingerprint density at radius 1 is 0.593 bits per heavy atom. The molecule has 0 bridgehead atoms. The third-order valence-electron chi connectivity index (χ3n) is 7.64. The standard InChI is InChI=1S/C21H19O2P.C13H22O4.C10H18O3/c1-23-21(22)17-24(18-11-5-2-6-12-18,19-13-7-3-8-14-19)20-15-9-4-10-16-20;1-6-10(7-8-11(14)16-5)9-12(15)17-13(2,3)4;1-5-8(7-11)6-9(12)13-10(2,3)4/h2-17H,1H3;7-8,10H,6,9H2,1-5H3;7-8H,5-6H2,1-4H3/b;8-7+;/t;10-;8-/m.01/s1. The Balaban J connectivity index is 0.000000430. The summed E-state index contributed by atoms with van der Waals surface area (Å²) in [7, 11) is 2.75. The van der Waals surface area contributed by atoms with E-state index in [2.05, 4.69) is 41.1 Å². The van der Waals surface area contributed by atoms with E-state index in [-0.39, 0.29) is 42.6 Å². The minimum Gasteiger partial charge on any atom is -0.466 e. The lowest BCUT2D eigenvalue weighted by molar-refractivity contribution is -0.157. The van der Waals surface area contributed by atoms with Crippen molar-refractivity contribution in [2.24, 2.45) is 11.8 Å². The summed E-state index contributed by atoms with van der Waals surface area (Å²) in [5.74, 6) is 0.309. The van der Waals surface area contributed by atoms with Crippen LogP contribution >= 0.6 is 6.89 Å². The Kier molecular flexibility index (Phi) is 20.9. The summed E-state index contributed by atoms with van der Waals surface area (Å²) in [6.45, 7) is 12.5. The van der Waals surface area contributed by atoms with Crippen molar-refractivity contribution in [3.05, 3.63) is 103 Å². The van der Waals surface area contributed by atoms with E-state index in [1.807, 2.05) is 110 Å². The molecule has 0 aliphatic heterocycles. The van der Waals surface area contributed by atoms with Gasteiger partial charge in [0.25, 0.3) is 0 Å². The van der Waals surface area contributed by atoms with E-state index < -0.39 is 24.1 Å². The number of allylic oxidation sites excluding steroid dienone is 1. The maximum atomic E-state index is 12.3. The number of aldehydes is 1. The van der Waals surface area contributed by atoms with E-state index in [0.29, 0.717) is 6.42 Å². The first-order chi connectivity index (χ1) is 25.4. The summed E-state index contributed by atoms with van der Waals surface area (Å²) < 4.78 is 19.8. The monoisotopic (exact) mass is 762 g/mol. The Morgan fingerprint density at radius 2 is 0.944 bits per heavy atom. The van der Waals surface area contributed by atoms with Crippen molar-refractivity contribution in [3.63, 3.8) is 0 Å². The molecular formula is C44H59O9P. The summed E-state index contributed by atoms with van der Waals surface area (Å²) in [5.41, 5.74) is -0.931. The first kappa shape index (κ1) is 47.3. The number of rotatable bonds is 13. The molecule has 0 amide bonds. The van der Waals surface area contributed by atoms with Crippen LogP contribution in [0.15, 0.2) is 103 Å². The summed E-state index contributed by atoms with van der Waals surface area (Å²) >= 11 is 0. The quantitative estimate of drug-likeness (QED) is 0.0578. The zero-order valence-electron chi connectivity index (χ0n) is 33.6. The molecule has 0 heterocycles. The Morgan fingerprint density at radius 3 is 1.24 bits per heavy atom. The molecule has 0 saturated heterocycles. The number of methoxy groups -OCH3 is 2. The third-order valence-corrected chi connectivity index (χ3v) is 11.6. The van der Waals surface area contributed by atoms with Crippen LogP contribution in [0.25, 0.3) is 0 Å². The number of carbonyl (C=O) groups is 5. The van der Waals surface area contributed by atoms with E-state index >= 15 is 0 Å². The molecule has 0 unspecified atom stereocenters. The van der Waals surface area contributed by atoms with Gasteiger partial charge in [-0.3, -0.25) is 9.59 Å². The molecule has 0 aliphatic rings. The molecular weight excluding hydrogens is 703 g/mol. The molecule has 0 aliphatic carbocycles. The minimum atomic E-state index is -2.23. The normalized spacial score (nSPS) is 12.3. The third kappa shape index (κ3) is 17.8. The van der Waals surface area contributed by atoms with Crippen LogP contribution in [0.3, 0.4) is 0 Å². The van der Waals surface area contributed by atoms with Gasteiger partial charge < -0.3 is 23.7 Å². The van der Waals surface area contributed by atoms with Gasteiger partial charge in [0.15, 0.2) is 0 Å². The van der Waals surface area contributed by atoms with Gasteiger partial charge in [-0.2, -0.15) is 0 Å². The molecule has 0 fully saturated rings. The molecule has 3 aromatic rings. The van der Waals surface area contributed by atoms with Crippen LogP contribution in [0.5, 0.6) is 0 Å². The molecule has 0 saturated carbocycles. The van der Waals surface area contributed by atoms with Crippen LogP contribution < -0.4 is 15.9 Å². The van der Waals surface area contributed by atoms with Gasteiger partial charge >= 0.3 is 23.9 Å². The van der Waals surface area contributed by atoms with Gasteiger partial charge in [-0.1, -0.05) is 111 Å². The number of benzene rings is 3. The number of esters is 4. The first-order valence-corrected chi connectivity index (χ1v) is 19.9. The smallest absolute Gasteiger partial charge is 0.331 e. The lowest BCUT2D eigenvalue weighted by Crippen LogP contribution is -2.28. The Labute approximate surface area is 322 Å². The first-order valence-electron chi connectivity index (χ1n) is 18.1. The summed E-state index contributed by atoms with van der Waals surface area (Å²) in [6, 6.07) is 30.6. The summed E-state index contributed by atoms with van der Waals surface area (Å²) in [4.78, 5) is 56.4. The predicted octanol–water partition coefficient (Wildman–Crippen LogP) is 7.37. The van der Waals surface area contributed by atoms with Crippen molar-refractivity contribution in [2.45, 2.75) is 92.3 Å². The summed E-state index contributed by atoms with van der Waals surface area (Å²) in [5, 5.41) is 3.40. The molecule has 294 valence electrons. The van der Waals surface area contributed by atoms with Gasteiger partial charge in [0.1, 0.15) is 17.5 Å². The molecule has 54 heavy (non-hydrogen) atoms. The van der Waals surface area contributed by atoms with Crippen molar-refractivity contribution in [1.29, 1.82) is 0 Å². The highest BCUT2D eigenvalue weighted by Crippen LogP contribution is 2.43. The second-order valence-corrected chi connectivity index (χ2v) is 17.6. The maximum Gasteiger partial charge on any atom is 0.331 e. The highest BCUT2D eigenvalue weighted by molar-refractivity contribution is 7.95. The van der Waals surface area contributed by atoms with Crippen LogP contribution in [0, 0.1) is 11.8 Å². The van der Waals surface area contributed by atoms with E-state index in [1.54, 1.807) is 11.9 Å². The lowest BCUT2D eigenvalue weighted by atomic mass is 10.0. The minimum absolute atomic E-state index is 0.00366. The topological polar surface area (TPSA) is 122 Å². The van der Waals surface area contributed by atoms with Gasteiger partial charge in [0.2, 0.25) is 0 Å². The van der Waals surface area contributed by atoms with E-state index in [9.17, 15) is 24.0 Å². The Hall–Kier alpha value is -4.75. The Bertz CT molecular complexity index is 1570. The number of hydrogen-bond acceptors (Lipinski definition) is 9. The van der Waals surface area contributed by atoms with Crippen molar-refractivity contribution in [3.8, 4) is 0 Å². The van der Waals surface area contributed by atoms with E-state index in [1.165, 1.54) is 20.3 Å². The average Bonchev–Trinajstić information content (AvgIpc) is 3.14. The molecule has 0 N–H and O–H groups in total. The van der Waals surface area contributed by atoms with E-state index in [4.69, 9.17) is 14.2 Å². The molecule has 0 radical (unpaired) electrons. The van der Waals surface area contributed by atoms with Crippen LogP contribution in [-0.4, -0.2) is 61.4 Å². The van der Waals surface area contributed by atoms with Crippen molar-refractivity contribution in [2.75, 3.05) is 14.2 Å². The fourth-order valence-corrected chi connectivity index (χ4v) is 8.68. The molecule has 0 aromatic heterocycles. The predicted molar refractivity (Wildman–Crippen MR) is 219 cm³/mol. The molecule has 9 nitrogen and oxygen atoms in total. The van der Waals surface area contributed by atoms with Gasteiger partial charge in [-0.25, -0.2) is 9.59 Å². The zero-order valence-corrected chi connectivity index (χ0v) is 34.5. The molecule has 0 spiro atoms. The van der Waals surface area contributed by atoms with Gasteiger partial charge in [-0.15, -0.1) is 0 Å². The van der Waals surface area contributed by atoms with E-state index in [0.717, 1.165) is 28.6 Å². The summed E-state index contributed by atoms with van der Waals surface area (Å²) in [6.07, 6.45) is 5.77. The van der Waals surface area contributed by atoms with Crippen LogP contribution in [0.4, 0.5) is 0 Å². The number of carbonyl (C=O) groups excluding carboxylic acids is 5. The highest BCUT2D eigenvalue weighted by Gasteiger charge is 2.26. The van der Waals surface area contributed by atoms with Crippen LogP contribution in [0.1, 0.15) is 81.1 Å². The van der Waals surface area contributed by atoms with Crippen LogP contribution in [-0.2, 0) is 42.9 Å². The molecule has 3 aromatic carbocycles. The fourth-order valence-electron chi connectivity index (χ4n) is 4.99. The van der Waals surface area contributed by atoms with Crippen molar-refractivity contribution in [1.82, 2.24) is 0 Å². The van der Waals surface area contributed by atoms with Crippen molar-refractivity contribution >= 4 is 58.8 Å². The average molecular weight is 763 g/mol. The second kappa shape index (κ2) is 23.8. The SMILES string of the molecule is CC[C@@H](/C=C/C(=O)OC)CC(=O)OC(C)(C)C.CC[C@@H](C=O)CC(=O)OC(C)(C)C.COC(=O)C=P(c1ccccc1)(c1ccccc1)c1ccccc1. The molecule has 10 heteroatoms. The van der Waals surface area contributed by atoms with Gasteiger partial charge in [0.05, 0.1) is 27.1 Å². The second-order valence-electron chi connectivity index (χ2n) is 14.3. The van der Waals surface area contributed by atoms with Crippen molar-refractivity contribution < 1.29 is 42.9 Å². The van der Waals surface area contributed by atoms with Crippen LogP contribution in [0.2, 0.25) is 0 Å². The zero-order chi connectivity index (χ0) is 40.8. The number of hydrogen-bond donors (Lipinski definition) is 0. The molecule has 3 rings (SSSR count). The number of ether oxygens (including phenoxy) is 4. The fraction of sp³-hybridized carbons (Fsp3) is 0.409. The lowest BCUT2D eigenvalue weighted by Gasteiger charge is -2.28. The highest BCUT2D eigenvalue weighted by atomic mass is 31.2. The van der Waals surface area contributed by atoms with Gasteiger partial charge in [-0.05, 0) is 83.1 Å².